The highest BCUT2D eigenvalue weighted by Gasteiger charge is 2.23. The first-order valence-corrected chi connectivity index (χ1v) is 9.64. The minimum Gasteiger partial charge on any atom is -0.367 e. The highest BCUT2D eigenvalue weighted by molar-refractivity contribution is 5.94. The summed E-state index contributed by atoms with van der Waals surface area (Å²) in [5.41, 5.74) is 2.04. The normalized spacial score (nSPS) is 18.3. The predicted octanol–water partition coefficient (Wildman–Crippen LogP) is 4.68. The second-order valence-electron chi connectivity index (χ2n) is 7.25. The van der Waals surface area contributed by atoms with Crippen LogP contribution in [0.1, 0.15) is 41.6 Å². The fourth-order valence-electron chi connectivity index (χ4n) is 3.74. The molecule has 4 rings (SSSR count). The van der Waals surface area contributed by atoms with Crippen molar-refractivity contribution in [3.05, 3.63) is 71.8 Å². The third kappa shape index (κ3) is 5.04. The van der Waals surface area contributed by atoms with Gasteiger partial charge in [-0.3, -0.25) is 4.79 Å². The van der Waals surface area contributed by atoms with E-state index in [1.54, 1.807) is 24.3 Å². The summed E-state index contributed by atoms with van der Waals surface area (Å²) in [6.45, 7) is 0. The van der Waals surface area contributed by atoms with Crippen LogP contribution < -0.4 is 10.6 Å². The number of para-hydroxylation sites is 1. The molecule has 0 spiro atoms. The topological polar surface area (TPSA) is 77.8 Å². The van der Waals surface area contributed by atoms with Crippen LogP contribution in [-0.2, 0) is 0 Å². The van der Waals surface area contributed by atoms with Crippen LogP contribution in [0.4, 0.5) is 5.82 Å². The molecule has 5 nitrogen and oxygen atoms in total. The molecule has 0 aliphatic heterocycles. The Labute approximate surface area is 176 Å². The summed E-state index contributed by atoms with van der Waals surface area (Å²) < 4.78 is 0. The van der Waals surface area contributed by atoms with Gasteiger partial charge in [-0.15, -0.1) is 12.4 Å². The van der Waals surface area contributed by atoms with E-state index >= 15 is 0 Å². The molecule has 1 amide bonds. The lowest BCUT2D eigenvalue weighted by Gasteiger charge is -2.30. The molecule has 2 aromatic carbocycles. The van der Waals surface area contributed by atoms with Crippen molar-refractivity contribution in [3.8, 4) is 6.07 Å². The average Bonchev–Trinajstić information content (AvgIpc) is 2.75. The molecule has 1 heterocycles. The largest absolute Gasteiger partial charge is 0.367 e. The van der Waals surface area contributed by atoms with E-state index in [2.05, 4.69) is 33.8 Å². The summed E-state index contributed by atoms with van der Waals surface area (Å²) in [5.74, 6) is 0.796. The molecule has 1 aromatic heterocycles. The Hall–Kier alpha value is -3.10. The molecule has 3 aromatic rings. The van der Waals surface area contributed by atoms with Gasteiger partial charge in [0.1, 0.15) is 5.82 Å². The fourth-order valence-corrected chi connectivity index (χ4v) is 3.74. The van der Waals surface area contributed by atoms with Crippen LogP contribution in [-0.4, -0.2) is 23.0 Å². The monoisotopic (exact) mass is 406 g/mol. The zero-order chi connectivity index (χ0) is 19.3. The average molecular weight is 407 g/mol. The zero-order valence-corrected chi connectivity index (χ0v) is 16.8. The molecule has 1 fully saturated rings. The maximum absolute atomic E-state index is 12.4. The van der Waals surface area contributed by atoms with Gasteiger partial charge < -0.3 is 10.6 Å². The molecular formula is C23H23ClN4O. The first-order valence-electron chi connectivity index (χ1n) is 9.64. The SMILES string of the molecule is Cl.N#Cc1cccc(C(=O)NC2CCC(Nc3ccc4ccccc4n3)CC2)c1. The molecule has 0 unspecified atom stereocenters. The van der Waals surface area contributed by atoms with Gasteiger partial charge in [0.25, 0.3) is 5.91 Å². The molecule has 1 aliphatic rings. The highest BCUT2D eigenvalue weighted by atomic mass is 35.5. The van der Waals surface area contributed by atoms with Crippen molar-refractivity contribution in [1.29, 1.82) is 5.26 Å². The number of rotatable bonds is 4. The molecule has 29 heavy (non-hydrogen) atoms. The van der Waals surface area contributed by atoms with E-state index in [9.17, 15) is 4.79 Å². The van der Waals surface area contributed by atoms with Crippen LogP contribution in [0.5, 0.6) is 0 Å². The van der Waals surface area contributed by atoms with Crippen LogP contribution >= 0.6 is 12.4 Å². The van der Waals surface area contributed by atoms with E-state index in [-0.39, 0.29) is 24.4 Å². The summed E-state index contributed by atoms with van der Waals surface area (Å²) in [5, 5.41) is 16.8. The minimum absolute atomic E-state index is 0. The molecule has 1 saturated carbocycles. The number of carbonyl (C=O) groups is 1. The van der Waals surface area contributed by atoms with Gasteiger partial charge in [-0.05, 0) is 62.1 Å². The zero-order valence-electron chi connectivity index (χ0n) is 16.0. The molecule has 2 N–H and O–H groups in total. The number of carbonyl (C=O) groups excluding carboxylic acids is 1. The first-order chi connectivity index (χ1) is 13.7. The number of nitrogens with zero attached hydrogens (tertiary/aromatic N) is 2. The number of halogens is 1. The number of fused-ring (bicyclic) bond motifs is 1. The van der Waals surface area contributed by atoms with Crippen molar-refractivity contribution < 1.29 is 4.79 Å². The Balaban J connectivity index is 0.00000240. The minimum atomic E-state index is -0.107. The van der Waals surface area contributed by atoms with E-state index in [1.165, 1.54) is 0 Å². The molecular weight excluding hydrogens is 384 g/mol. The third-order valence-electron chi connectivity index (χ3n) is 5.27. The van der Waals surface area contributed by atoms with Crippen molar-refractivity contribution in [1.82, 2.24) is 10.3 Å². The Morgan fingerprint density at radius 2 is 1.72 bits per heavy atom. The van der Waals surface area contributed by atoms with Crippen LogP contribution in [0.3, 0.4) is 0 Å². The highest BCUT2D eigenvalue weighted by Crippen LogP contribution is 2.23. The first kappa shape index (κ1) is 20.6. The Bertz CT molecular complexity index is 1040. The quantitative estimate of drug-likeness (QED) is 0.659. The van der Waals surface area contributed by atoms with Crippen molar-refractivity contribution in [2.75, 3.05) is 5.32 Å². The molecule has 0 radical (unpaired) electrons. The lowest BCUT2D eigenvalue weighted by molar-refractivity contribution is 0.0926. The molecule has 0 bridgehead atoms. The predicted molar refractivity (Wildman–Crippen MR) is 117 cm³/mol. The summed E-state index contributed by atoms with van der Waals surface area (Å²) in [6.07, 6.45) is 3.82. The van der Waals surface area contributed by atoms with E-state index in [0.717, 1.165) is 42.4 Å². The van der Waals surface area contributed by atoms with E-state index in [0.29, 0.717) is 17.2 Å². The number of hydrogen-bond acceptors (Lipinski definition) is 4. The van der Waals surface area contributed by atoms with Gasteiger partial charge in [0.05, 0.1) is 17.1 Å². The maximum atomic E-state index is 12.4. The fraction of sp³-hybridized carbons (Fsp3) is 0.261. The molecule has 0 saturated heterocycles. The summed E-state index contributed by atoms with van der Waals surface area (Å²) >= 11 is 0. The molecule has 1 aliphatic carbocycles. The number of anilines is 1. The summed E-state index contributed by atoms with van der Waals surface area (Å²) in [7, 11) is 0. The number of aromatic nitrogens is 1. The van der Waals surface area contributed by atoms with Gasteiger partial charge in [0, 0.05) is 23.0 Å². The number of nitrogens with one attached hydrogen (secondary N) is 2. The molecule has 0 atom stereocenters. The lowest BCUT2D eigenvalue weighted by atomic mass is 9.91. The van der Waals surface area contributed by atoms with Crippen LogP contribution in [0, 0.1) is 11.3 Å². The Morgan fingerprint density at radius 1 is 0.966 bits per heavy atom. The summed E-state index contributed by atoms with van der Waals surface area (Å²) in [4.78, 5) is 17.1. The van der Waals surface area contributed by atoms with Crippen molar-refractivity contribution in [2.45, 2.75) is 37.8 Å². The van der Waals surface area contributed by atoms with Gasteiger partial charge in [-0.2, -0.15) is 5.26 Å². The van der Waals surface area contributed by atoms with Crippen molar-refractivity contribution in [3.63, 3.8) is 0 Å². The number of nitriles is 1. The van der Waals surface area contributed by atoms with Gasteiger partial charge in [0.15, 0.2) is 0 Å². The summed E-state index contributed by atoms with van der Waals surface area (Å²) in [6, 6.07) is 21.6. The second-order valence-corrected chi connectivity index (χ2v) is 7.25. The van der Waals surface area contributed by atoms with Gasteiger partial charge >= 0.3 is 0 Å². The van der Waals surface area contributed by atoms with Crippen molar-refractivity contribution >= 4 is 35.0 Å². The number of amides is 1. The van der Waals surface area contributed by atoms with E-state index in [1.807, 2.05) is 24.3 Å². The Morgan fingerprint density at radius 3 is 2.52 bits per heavy atom. The molecule has 148 valence electrons. The van der Waals surface area contributed by atoms with Crippen LogP contribution in [0.2, 0.25) is 0 Å². The standard InChI is InChI=1S/C23H22N4O.ClH/c24-15-16-4-3-6-18(14-16)23(28)26-20-11-9-19(10-12-20)25-22-13-8-17-5-1-2-7-21(17)27-22;/h1-8,13-14,19-20H,9-12H2,(H,25,27)(H,26,28);1H. The Kier molecular flexibility index (Phi) is 6.69. The molecule has 6 heteroatoms. The van der Waals surface area contributed by atoms with Gasteiger partial charge in [0.2, 0.25) is 0 Å². The van der Waals surface area contributed by atoms with Gasteiger partial charge in [-0.25, -0.2) is 4.98 Å². The van der Waals surface area contributed by atoms with E-state index in [4.69, 9.17) is 5.26 Å². The third-order valence-corrected chi connectivity index (χ3v) is 5.27. The second kappa shape index (κ2) is 9.40. The number of pyridine rings is 1. The lowest BCUT2D eigenvalue weighted by Crippen LogP contribution is -2.40. The van der Waals surface area contributed by atoms with E-state index < -0.39 is 0 Å². The number of benzene rings is 2. The maximum Gasteiger partial charge on any atom is 0.251 e. The van der Waals surface area contributed by atoms with Gasteiger partial charge in [-0.1, -0.05) is 24.3 Å². The van der Waals surface area contributed by atoms with Crippen LogP contribution in [0.25, 0.3) is 10.9 Å². The number of hydrogen-bond donors (Lipinski definition) is 2. The van der Waals surface area contributed by atoms with Crippen LogP contribution in [0.15, 0.2) is 60.7 Å². The smallest absolute Gasteiger partial charge is 0.251 e. The van der Waals surface area contributed by atoms with Crippen molar-refractivity contribution in [2.24, 2.45) is 0 Å².